The molecular weight excluding hydrogens is 496 g/mol. The molecule has 6 nitrogen and oxygen atoms in total. The predicted molar refractivity (Wildman–Crippen MR) is 153 cm³/mol. The Kier molecular flexibility index (Phi) is 7.88. The molecule has 0 radical (unpaired) electrons. The Morgan fingerprint density at radius 1 is 0.974 bits per heavy atom. The lowest BCUT2D eigenvalue weighted by molar-refractivity contribution is -0.114. The zero-order valence-corrected chi connectivity index (χ0v) is 22.0. The van der Waals surface area contributed by atoms with Crippen LogP contribution in [0.2, 0.25) is 5.02 Å². The molecule has 3 aromatic carbocycles. The fourth-order valence-corrected chi connectivity index (χ4v) is 5.09. The van der Waals surface area contributed by atoms with E-state index in [1.807, 2.05) is 60.7 Å². The molecule has 1 amide bonds. The summed E-state index contributed by atoms with van der Waals surface area (Å²) in [7, 11) is 0. The third-order valence-corrected chi connectivity index (χ3v) is 7.16. The van der Waals surface area contributed by atoms with E-state index in [0.29, 0.717) is 22.9 Å². The van der Waals surface area contributed by atoms with Gasteiger partial charge in [-0.05, 0) is 67.7 Å². The molecule has 1 aliphatic heterocycles. The molecule has 0 unspecified atom stereocenters. The van der Waals surface area contributed by atoms with E-state index in [0.717, 1.165) is 48.3 Å². The maximum Gasteiger partial charge on any atom is 0.275 e. The number of rotatable bonds is 5. The number of nitrogens with zero attached hydrogens (tertiary/aromatic N) is 3. The first-order valence-corrected chi connectivity index (χ1v) is 13.2. The number of likely N-dealkylation sites (tertiary alicyclic amines) is 1. The van der Waals surface area contributed by atoms with Crippen molar-refractivity contribution in [3.05, 3.63) is 93.7 Å². The van der Waals surface area contributed by atoms with Crippen LogP contribution in [-0.2, 0) is 11.3 Å². The zero-order chi connectivity index (χ0) is 26.5. The molecule has 0 atom stereocenters. The standard InChI is InChI=1S/C31H29ClN4O2/c1-22(37)33-27-8-6-7-25(21-27)23-15-19-35(20-16-23)17-4-5-18-36-31(38)29-10-3-2-9-28(29)30(34-36)24-11-13-26(32)14-12-24/h2-3,6-14,21,23H,15-20H2,1H3,(H,33,37). The third-order valence-electron chi connectivity index (χ3n) is 6.91. The van der Waals surface area contributed by atoms with Gasteiger partial charge in [-0.3, -0.25) is 14.5 Å². The Morgan fingerprint density at radius 2 is 1.68 bits per heavy atom. The smallest absolute Gasteiger partial charge is 0.275 e. The van der Waals surface area contributed by atoms with Crippen LogP contribution in [0.3, 0.4) is 0 Å². The van der Waals surface area contributed by atoms with Gasteiger partial charge in [0.25, 0.3) is 5.56 Å². The number of hydrogen-bond acceptors (Lipinski definition) is 4. The fraction of sp³-hybridized carbons (Fsp3) is 0.258. The SMILES string of the molecule is CC(=O)Nc1cccc(C2CCN(CC#CCn3nc(-c4ccc(Cl)cc4)c4ccccc4c3=O)CC2)c1. The molecule has 1 aromatic heterocycles. The summed E-state index contributed by atoms with van der Waals surface area (Å²) < 4.78 is 1.45. The summed E-state index contributed by atoms with van der Waals surface area (Å²) in [5.41, 5.74) is 3.61. The van der Waals surface area contributed by atoms with Crippen molar-refractivity contribution >= 4 is 34.0 Å². The first-order chi connectivity index (χ1) is 18.5. The zero-order valence-electron chi connectivity index (χ0n) is 21.3. The van der Waals surface area contributed by atoms with Crippen LogP contribution in [-0.4, -0.2) is 40.2 Å². The highest BCUT2D eigenvalue weighted by molar-refractivity contribution is 6.30. The van der Waals surface area contributed by atoms with Crippen molar-refractivity contribution < 1.29 is 4.79 Å². The maximum absolute atomic E-state index is 13.1. The largest absolute Gasteiger partial charge is 0.326 e. The Hall–Kier alpha value is -3.92. The number of benzene rings is 3. The van der Waals surface area contributed by atoms with Crippen LogP contribution in [0.1, 0.15) is 31.2 Å². The van der Waals surface area contributed by atoms with Crippen molar-refractivity contribution in [3.8, 4) is 23.1 Å². The minimum Gasteiger partial charge on any atom is -0.326 e. The lowest BCUT2D eigenvalue weighted by atomic mass is 9.89. The van der Waals surface area contributed by atoms with Crippen molar-refractivity contribution in [2.24, 2.45) is 0 Å². The van der Waals surface area contributed by atoms with Crippen molar-refractivity contribution in [2.75, 3.05) is 25.0 Å². The number of carbonyl (C=O) groups is 1. The van der Waals surface area contributed by atoms with Crippen molar-refractivity contribution in [1.29, 1.82) is 0 Å². The van der Waals surface area contributed by atoms with E-state index in [1.54, 1.807) is 0 Å². The van der Waals surface area contributed by atoms with Crippen LogP contribution < -0.4 is 10.9 Å². The summed E-state index contributed by atoms with van der Waals surface area (Å²) in [5.74, 6) is 6.81. The van der Waals surface area contributed by atoms with E-state index in [1.165, 1.54) is 17.2 Å². The minimum absolute atomic E-state index is 0.0575. The molecule has 1 aliphatic rings. The lowest BCUT2D eigenvalue weighted by Gasteiger charge is -2.31. The number of amides is 1. The molecular formula is C31H29ClN4O2. The summed E-state index contributed by atoms with van der Waals surface area (Å²) in [5, 5.41) is 9.63. The summed E-state index contributed by atoms with van der Waals surface area (Å²) in [6, 6.07) is 23.1. The Bertz CT molecular complexity index is 1580. The summed E-state index contributed by atoms with van der Waals surface area (Å²) in [4.78, 5) is 26.8. The number of nitrogens with one attached hydrogen (secondary N) is 1. The van der Waals surface area contributed by atoms with Gasteiger partial charge in [-0.2, -0.15) is 5.10 Å². The Morgan fingerprint density at radius 3 is 2.42 bits per heavy atom. The molecule has 0 bridgehead atoms. The van der Waals surface area contributed by atoms with E-state index in [9.17, 15) is 9.59 Å². The van der Waals surface area contributed by atoms with Crippen molar-refractivity contribution in [1.82, 2.24) is 14.7 Å². The molecule has 7 heteroatoms. The van der Waals surface area contributed by atoms with Gasteiger partial charge in [0.05, 0.1) is 17.6 Å². The monoisotopic (exact) mass is 524 g/mol. The highest BCUT2D eigenvalue weighted by Crippen LogP contribution is 2.29. The van der Waals surface area contributed by atoms with Gasteiger partial charge >= 0.3 is 0 Å². The molecule has 1 N–H and O–H groups in total. The van der Waals surface area contributed by atoms with Gasteiger partial charge in [0.1, 0.15) is 6.54 Å². The molecule has 0 spiro atoms. The van der Waals surface area contributed by atoms with Crippen molar-refractivity contribution in [3.63, 3.8) is 0 Å². The van der Waals surface area contributed by atoms with E-state index in [4.69, 9.17) is 11.6 Å². The van der Waals surface area contributed by atoms with Crippen LogP contribution in [0.15, 0.2) is 77.6 Å². The van der Waals surface area contributed by atoms with E-state index >= 15 is 0 Å². The molecule has 2 heterocycles. The number of piperidine rings is 1. The second-order valence-electron chi connectivity index (χ2n) is 9.57. The molecule has 192 valence electrons. The molecule has 4 aromatic rings. The average Bonchev–Trinajstić information content (AvgIpc) is 2.93. The Balaban J connectivity index is 1.24. The number of halogens is 1. The lowest BCUT2D eigenvalue weighted by Crippen LogP contribution is -2.33. The van der Waals surface area contributed by atoms with Crippen LogP contribution in [0.25, 0.3) is 22.0 Å². The molecule has 5 rings (SSSR count). The van der Waals surface area contributed by atoms with Gasteiger partial charge in [-0.25, -0.2) is 4.68 Å². The van der Waals surface area contributed by atoms with Crippen LogP contribution in [0.4, 0.5) is 5.69 Å². The molecule has 0 saturated carbocycles. The van der Waals surface area contributed by atoms with E-state index in [-0.39, 0.29) is 18.0 Å². The van der Waals surface area contributed by atoms with Gasteiger partial charge in [0.15, 0.2) is 0 Å². The number of anilines is 1. The second kappa shape index (κ2) is 11.6. The topological polar surface area (TPSA) is 67.2 Å². The first kappa shape index (κ1) is 25.7. The third kappa shape index (κ3) is 5.96. The van der Waals surface area contributed by atoms with E-state index < -0.39 is 0 Å². The highest BCUT2D eigenvalue weighted by Gasteiger charge is 2.20. The molecule has 1 saturated heterocycles. The second-order valence-corrected chi connectivity index (χ2v) is 10.0. The van der Waals surface area contributed by atoms with Gasteiger partial charge in [-0.1, -0.05) is 65.9 Å². The molecule has 0 aliphatic carbocycles. The quantitative estimate of drug-likeness (QED) is 0.347. The number of carbonyl (C=O) groups excluding carboxylic acids is 1. The highest BCUT2D eigenvalue weighted by atomic mass is 35.5. The summed E-state index contributed by atoms with van der Waals surface area (Å²) in [6.45, 7) is 4.33. The molecule has 38 heavy (non-hydrogen) atoms. The number of aromatic nitrogens is 2. The van der Waals surface area contributed by atoms with Gasteiger partial charge < -0.3 is 5.32 Å². The number of hydrogen-bond donors (Lipinski definition) is 1. The number of fused-ring (bicyclic) bond motifs is 1. The van der Waals surface area contributed by atoms with E-state index in [2.05, 4.69) is 39.3 Å². The average molecular weight is 525 g/mol. The summed E-state index contributed by atoms with van der Waals surface area (Å²) in [6.07, 6.45) is 2.09. The van der Waals surface area contributed by atoms with Gasteiger partial charge in [0.2, 0.25) is 5.91 Å². The van der Waals surface area contributed by atoms with Crippen LogP contribution >= 0.6 is 11.6 Å². The normalized spacial score (nSPS) is 14.2. The van der Waals surface area contributed by atoms with Crippen LogP contribution in [0.5, 0.6) is 0 Å². The fourth-order valence-electron chi connectivity index (χ4n) is 4.96. The predicted octanol–water partition coefficient (Wildman–Crippen LogP) is 5.56. The minimum atomic E-state index is -0.144. The molecule has 1 fully saturated rings. The van der Waals surface area contributed by atoms with Crippen molar-refractivity contribution in [2.45, 2.75) is 32.2 Å². The van der Waals surface area contributed by atoms with Gasteiger partial charge in [-0.15, -0.1) is 0 Å². The summed E-state index contributed by atoms with van der Waals surface area (Å²) >= 11 is 6.07. The first-order valence-electron chi connectivity index (χ1n) is 12.8. The van der Waals surface area contributed by atoms with Gasteiger partial charge in [0, 0.05) is 28.6 Å². The maximum atomic E-state index is 13.1. The Labute approximate surface area is 227 Å². The van der Waals surface area contributed by atoms with Crippen LogP contribution in [0, 0.1) is 11.8 Å².